The van der Waals surface area contributed by atoms with Crippen molar-refractivity contribution in [2.45, 2.75) is 26.0 Å². The Morgan fingerprint density at radius 3 is 2.00 bits per heavy atom. The van der Waals surface area contributed by atoms with Crippen molar-refractivity contribution in [3.05, 3.63) is 0 Å². The second-order valence-electron chi connectivity index (χ2n) is 2.39. The molecule has 0 saturated carbocycles. The van der Waals surface area contributed by atoms with Crippen LogP contribution in [0, 0.1) is 5.92 Å². The monoisotopic (exact) mass is 163 g/mol. The second-order valence-corrected chi connectivity index (χ2v) is 4.50. The van der Waals surface area contributed by atoms with Gasteiger partial charge < -0.3 is 5.73 Å². The van der Waals surface area contributed by atoms with E-state index >= 15 is 0 Å². The maximum atomic E-state index is 5.33. The highest BCUT2D eigenvalue weighted by Gasteiger charge is 2.07. The Kier molecular flexibility index (Phi) is 4.23. The SMILES string of the molecule is CC(C)C(C)SC(N)=S. The van der Waals surface area contributed by atoms with E-state index in [1.54, 1.807) is 11.8 Å². The summed E-state index contributed by atoms with van der Waals surface area (Å²) in [4.78, 5) is 0. The Morgan fingerprint density at radius 1 is 1.44 bits per heavy atom. The van der Waals surface area contributed by atoms with Crippen LogP contribution in [0.4, 0.5) is 0 Å². The summed E-state index contributed by atoms with van der Waals surface area (Å²) in [5.41, 5.74) is 5.33. The molecule has 0 fully saturated rings. The molecule has 0 heterocycles. The minimum Gasteiger partial charge on any atom is -0.385 e. The third-order valence-electron chi connectivity index (χ3n) is 1.24. The van der Waals surface area contributed by atoms with Gasteiger partial charge in [-0.15, -0.1) is 0 Å². The van der Waals surface area contributed by atoms with Gasteiger partial charge in [0.25, 0.3) is 0 Å². The van der Waals surface area contributed by atoms with Gasteiger partial charge in [0.2, 0.25) is 0 Å². The molecule has 54 valence electrons. The summed E-state index contributed by atoms with van der Waals surface area (Å²) in [7, 11) is 0. The average molecular weight is 163 g/mol. The van der Waals surface area contributed by atoms with Crippen LogP contribution in [0.3, 0.4) is 0 Å². The molecule has 0 rings (SSSR count). The van der Waals surface area contributed by atoms with Crippen molar-refractivity contribution in [2.24, 2.45) is 11.7 Å². The summed E-state index contributed by atoms with van der Waals surface area (Å²) in [6, 6.07) is 0. The van der Waals surface area contributed by atoms with Crippen LogP contribution in [0.15, 0.2) is 0 Å². The van der Waals surface area contributed by atoms with E-state index in [-0.39, 0.29) is 0 Å². The van der Waals surface area contributed by atoms with E-state index < -0.39 is 0 Å². The van der Waals surface area contributed by atoms with Crippen LogP contribution in [0.5, 0.6) is 0 Å². The Bertz CT molecular complexity index is 101. The molecule has 2 N–H and O–H groups in total. The number of nitrogens with two attached hydrogens (primary N) is 1. The van der Waals surface area contributed by atoms with E-state index in [4.69, 9.17) is 18.0 Å². The lowest BCUT2D eigenvalue weighted by Gasteiger charge is -2.12. The molecule has 0 aliphatic carbocycles. The van der Waals surface area contributed by atoms with Crippen LogP contribution < -0.4 is 5.73 Å². The summed E-state index contributed by atoms with van der Waals surface area (Å²) in [5.74, 6) is 0.650. The van der Waals surface area contributed by atoms with Crippen LogP contribution in [0.1, 0.15) is 20.8 Å². The van der Waals surface area contributed by atoms with E-state index in [0.29, 0.717) is 15.5 Å². The van der Waals surface area contributed by atoms with Crippen molar-refractivity contribution in [3.63, 3.8) is 0 Å². The van der Waals surface area contributed by atoms with Crippen LogP contribution >= 0.6 is 24.0 Å². The fourth-order valence-corrected chi connectivity index (χ4v) is 1.41. The molecule has 0 spiro atoms. The molecule has 0 saturated heterocycles. The van der Waals surface area contributed by atoms with Gasteiger partial charge in [0, 0.05) is 5.25 Å². The largest absolute Gasteiger partial charge is 0.385 e. The Hall–Kier alpha value is 0.240. The highest BCUT2D eigenvalue weighted by atomic mass is 32.2. The zero-order chi connectivity index (χ0) is 7.44. The van der Waals surface area contributed by atoms with E-state index in [1.807, 2.05) is 0 Å². The van der Waals surface area contributed by atoms with Crippen molar-refractivity contribution < 1.29 is 0 Å². The average Bonchev–Trinajstić information content (AvgIpc) is 1.63. The van der Waals surface area contributed by atoms with Gasteiger partial charge in [-0.05, 0) is 5.92 Å². The first-order chi connectivity index (χ1) is 4.04. The highest BCUT2D eigenvalue weighted by molar-refractivity contribution is 8.23. The lowest BCUT2D eigenvalue weighted by atomic mass is 10.2. The lowest BCUT2D eigenvalue weighted by Crippen LogP contribution is -2.13. The van der Waals surface area contributed by atoms with Crippen LogP contribution in [0.25, 0.3) is 0 Å². The lowest BCUT2D eigenvalue weighted by molar-refractivity contribution is 0.644. The molecule has 0 amide bonds. The first-order valence-corrected chi connectivity index (χ1v) is 4.29. The molecular formula is C6H13NS2. The van der Waals surface area contributed by atoms with Gasteiger partial charge in [-0.2, -0.15) is 0 Å². The molecule has 0 aromatic carbocycles. The van der Waals surface area contributed by atoms with Gasteiger partial charge in [-0.1, -0.05) is 44.8 Å². The Labute approximate surface area is 66.4 Å². The molecule has 1 unspecified atom stereocenters. The summed E-state index contributed by atoms with van der Waals surface area (Å²) in [5, 5.41) is 0.544. The van der Waals surface area contributed by atoms with Crippen molar-refractivity contribution in [1.82, 2.24) is 0 Å². The molecule has 0 aromatic heterocycles. The summed E-state index contributed by atoms with van der Waals surface area (Å²) in [6.07, 6.45) is 0. The standard InChI is InChI=1S/C6H13NS2/c1-4(2)5(3)9-6(7)8/h4-5H,1-3H3,(H2,7,8). The normalized spacial score (nSPS) is 13.8. The van der Waals surface area contributed by atoms with E-state index in [1.165, 1.54) is 0 Å². The van der Waals surface area contributed by atoms with Crippen LogP contribution in [-0.2, 0) is 0 Å². The van der Waals surface area contributed by atoms with Gasteiger partial charge in [-0.25, -0.2) is 0 Å². The van der Waals surface area contributed by atoms with Crippen molar-refractivity contribution >= 4 is 28.3 Å². The first-order valence-electron chi connectivity index (χ1n) is 3.00. The number of thiocarbonyl (C=S) groups is 1. The fraction of sp³-hybridized carbons (Fsp3) is 0.833. The van der Waals surface area contributed by atoms with Gasteiger partial charge in [0.05, 0.1) is 0 Å². The zero-order valence-electron chi connectivity index (χ0n) is 6.05. The van der Waals surface area contributed by atoms with Gasteiger partial charge in [-0.3, -0.25) is 0 Å². The summed E-state index contributed by atoms with van der Waals surface area (Å²) < 4.78 is 0.552. The molecule has 0 aliphatic heterocycles. The minimum absolute atomic E-state index is 0.544. The van der Waals surface area contributed by atoms with Crippen molar-refractivity contribution in [2.75, 3.05) is 0 Å². The molecule has 0 radical (unpaired) electrons. The van der Waals surface area contributed by atoms with Gasteiger partial charge in [0.1, 0.15) is 4.32 Å². The zero-order valence-corrected chi connectivity index (χ0v) is 7.68. The number of hydrogen-bond donors (Lipinski definition) is 1. The predicted molar refractivity (Wildman–Crippen MR) is 48.7 cm³/mol. The van der Waals surface area contributed by atoms with E-state index in [9.17, 15) is 0 Å². The number of rotatable bonds is 2. The maximum Gasteiger partial charge on any atom is 0.131 e. The highest BCUT2D eigenvalue weighted by Crippen LogP contribution is 2.17. The molecule has 0 aliphatic rings. The fourth-order valence-electron chi connectivity index (χ4n) is 0.319. The topological polar surface area (TPSA) is 26.0 Å². The molecular weight excluding hydrogens is 150 g/mol. The van der Waals surface area contributed by atoms with Crippen LogP contribution in [-0.4, -0.2) is 9.57 Å². The molecule has 0 bridgehead atoms. The predicted octanol–water partition coefficient (Wildman–Crippen LogP) is 2.01. The smallest absolute Gasteiger partial charge is 0.131 e. The third kappa shape index (κ3) is 4.73. The first kappa shape index (κ1) is 9.24. The minimum atomic E-state index is 0.544. The maximum absolute atomic E-state index is 5.33. The van der Waals surface area contributed by atoms with Gasteiger partial charge >= 0.3 is 0 Å². The molecule has 9 heavy (non-hydrogen) atoms. The van der Waals surface area contributed by atoms with E-state index in [2.05, 4.69) is 20.8 Å². The number of thioether (sulfide) groups is 1. The quantitative estimate of drug-likeness (QED) is 0.631. The molecule has 0 aromatic rings. The summed E-state index contributed by atoms with van der Waals surface area (Å²) in [6.45, 7) is 6.46. The Balaban J connectivity index is 3.50. The van der Waals surface area contributed by atoms with E-state index in [0.717, 1.165) is 0 Å². The van der Waals surface area contributed by atoms with Crippen LogP contribution in [0.2, 0.25) is 0 Å². The van der Waals surface area contributed by atoms with Gasteiger partial charge in [0.15, 0.2) is 0 Å². The van der Waals surface area contributed by atoms with Crippen molar-refractivity contribution in [3.8, 4) is 0 Å². The molecule has 1 nitrogen and oxygen atoms in total. The second kappa shape index (κ2) is 4.12. The van der Waals surface area contributed by atoms with Crippen molar-refractivity contribution in [1.29, 1.82) is 0 Å². The third-order valence-corrected chi connectivity index (χ3v) is 2.68. The molecule has 3 heteroatoms. The summed E-state index contributed by atoms with van der Waals surface area (Å²) >= 11 is 6.30. The molecule has 1 atom stereocenters. The number of hydrogen-bond acceptors (Lipinski definition) is 2. The Morgan fingerprint density at radius 2 is 1.89 bits per heavy atom.